The third kappa shape index (κ3) is 5.48. The van der Waals surface area contributed by atoms with E-state index in [2.05, 4.69) is 11.9 Å². The quantitative estimate of drug-likeness (QED) is 0.192. The molecule has 0 unspecified atom stereocenters. The molecule has 1 aromatic carbocycles. The van der Waals surface area contributed by atoms with Gasteiger partial charge in [0.25, 0.3) is 5.91 Å². The van der Waals surface area contributed by atoms with E-state index in [-0.39, 0.29) is 41.7 Å². The first-order valence-electron chi connectivity index (χ1n) is 12.7. The number of carboxylic acid groups (broad SMARTS) is 1. The number of hydrogen-bond acceptors (Lipinski definition) is 8. The van der Waals surface area contributed by atoms with Crippen LogP contribution in [0.25, 0.3) is 0 Å². The number of benzene rings is 1. The van der Waals surface area contributed by atoms with Gasteiger partial charge in [0, 0.05) is 35.9 Å². The highest BCUT2D eigenvalue weighted by atomic mass is 32.2. The van der Waals surface area contributed by atoms with Gasteiger partial charge in [-0.1, -0.05) is 30.9 Å². The summed E-state index contributed by atoms with van der Waals surface area (Å²) in [5.74, 6) is -1.83. The van der Waals surface area contributed by atoms with Crippen molar-refractivity contribution in [3.8, 4) is 0 Å². The Balaban J connectivity index is 1.21. The van der Waals surface area contributed by atoms with Crippen LogP contribution >= 0.6 is 23.5 Å². The summed E-state index contributed by atoms with van der Waals surface area (Å²) in [6, 6.07) is 8.48. The molecule has 4 amide bonds. The Morgan fingerprint density at radius 1 is 1.20 bits per heavy atom. The summed E-state index contributed by atoms with van der Waals surface area (Å²) in [7, 11) is 0. The molecule has 1 aromatic rings. The van der Waals surface area contributed by atoms with Crippen LogP contribution in [0, 0.1) is 0 Å². The normalized spacial score (nSPS) is 23.5. The number of allylic oxidation sites excluding steroid dienone is 1. The number of ether oxygens (including phenoxy) is 1. The summed E-state index contributed by atoms with van der Waals surface area (Å²) in [6.07, 6.45) is 3.05. The number of aliphatic carboxylic acids is 1. The highest BCUT2D eigenvalue weighted by Crippen LogP contribution is 2.41. The van der Waals surface area contributed by atoms with Gasteiger partial charge >= 0.3 is 12.1 Å². The molecule has 2 atom stereocenters. The van der Waals surface area contributed by atoms with E-state index in [4.69, 9.17) is 4.74 Å². The van der Waals surface area contributed by atoms with Crippen molar-refractivity contribution in [2.24, 2.45) is 0 Å². The number of amides is 4. The molecule has 4 aliphatic heterocycles. The number of likely N-dealkylation sites (tertiary alicyclic amines) is 2. The van der Waals surface area contributed by atoms with Crippen molar-refractivity contribution in [1.82, 2.24) is 20.0 Å². The molecule has 0 aliphatic carbocycles. The van der Waals surface area contributed by atoms with Crippen LogP contribution in [-0.4, -0.2) is 105 Å². The van der Waals surface area contributed by atoms with Gasteiger partial charge in [-0.15, -0.1) is 23.5 Å². The van der Waals surface area contributed by atoms with Crippen molar-refractivity contribution < 1.29 is 33.8 Å². The summed E-state index contributed by atoms with van der Waals surface area (Å²) in [6.45, 7) is 4.83. The molecule has 4 aliphatic rings. The molecule has 3 saturated heterocycles. The molecule has 2 N–H and O–H groups in total. The zero-order chi connectivity index (χ0) is 28.4. The molecule has 40 heavy (non-hydrogen) atoms. The average molecular weight is 585 g/mol. The molecule has 0 bridgehead atoms. The lowest BCUT2D eigenvalue weighted by Gasteiger charge is -2.49. The van der Waals surface area contributed by atoms with Gasteiger partial charge in [-0.2, -0.15) is 0 Å². The van der Waals surface area contributed by atoms with Gasteiger partial charge < -0.3 is 25.0 Å². The Kier molecular flexibility index (Phi) is 8.22. The van der Waals surface area contributed by atoms with Gasteiger partial charge in [0.05, 0.1) is 11.8 Å². The van der Waals surface area contributed by atoms with Crippen molar-refractivity contribution >= 4 is 53.3 Å². The summed E-state index contributed by atoms with van der Waals surface area (Å²) < 4.78 is 5.01. The predicted octanol–water partition coefficient (Wildman–Crippen LogP) is 1.68. The first kappa shape index (κ1) is 27.8. The van der Waals surface area contributed by atoms with E-state index in [1.54, 1.807) is 11.0 Å². The maximum absolute atomic E-state index is 13.1. The van der Waals surface area contributed by atoms with E-state index in [1.807, 2.05) is 30.3 Å². The molecule has 0 spiro atoms. The monoisotopic (exact) mass is 584 g/mol. The van der Waals surface area contributed by atoms with E-state index in [9.17, 15) is 29.1 Å². The lowest BCUT2D eigenvalue weighted by molar-refractivity contribution is -0.150. The molecule has 0 aromatic heterocycles. The average Bonchev–Trinajstić information content (AvgIpc) is 3.27. The SMILES string of the molecule is C=CCOC(=O)N1CC(N2CC/C(=C\C3=C(C(=O)O)N4C(=O)[C@@H](NC(=O)CSc5ccccc5)[C@H]4SC3)C2=O)C1. The van der Waals surface area contributed by atoms with Crippen molar-refractivity contribution in [3.63, 3.8) is 0 Å². The van der Waals surface area contributed by atoms with Gasteiger partial charge in [-0.25, -0.2) is 9.59 Å². The number of β-lactam (4-membered cyclic amide) rings is 1. The topological polar surface area (TPSA) is 137 Å². The molecule has 210 valence electrons. The van der Waals surface area contributed by atoms with Crippen LogP contribution in [0.15, 0.2) is 70.8 Å². The second kappa shape index (κ2) is 11.8. The largest absolute Gasteiger partial charge is 0.477 e. The first-order chi connectivity index (χ1) is 19.3. The van der Waals surface area contributed by atoms with Crippen molar-refractivity contribution in [2.75, 3.05) is 37.7 Å². The minimum Gasteiger partial charge on any atom is -0.477 e. The van der Waals surface area contributed by atoms with Gasteiger partial charge in [-0.05, 0) is 30.2 Å². The molecule has 11 nitrogen and oxygen atoms in total. The lowest BCUT2D eigenvalue weighted by atomic mass is 10.0. The molecule has 3 fully saturated rings. The number of fused-ring (bicyclic) bond motifs is 1. The van der Waals surface area contributed by atoms with Crippen LogP contribution in [-0.2, 0) is 23.9 Å². The molecular formula is C27H28N4O7S2. The number of rotatable bonds is 9. The number of nitrogens with one attached hydrogen (secondary N) is 1. The maximum atomic E-state index is 13.1. The van der Waals surface area contributed by atoms with Crippen LogP contribution in [0.2, 0.25) is 0 Å². The van der Waals surface area contributed by atoms with Crippen LogP contribution in [0.3, 0.4) is 0 Å². The number of nitrogens with zero attached hydrogens (tertiary/aromatic N) is 3. The molecule has 5 rings (SSSR count). The van der Waals surface area contributed by atoms with Gasteiger partial charge in [0.1, 0.15) is 23.7 Å². The van der Waals surface area contributed by atoms with Crippen LogP contribution in [0.4, 0.5) is 4.79 Å². The highest BCUT2D eigenvalue weighted by Gasteiger charge is 2.54. The Labute approximate surface area is 239 Å². The number of thioether (sulfide) groups is 2. The van der Waals surface area contributed by atoms with Crippen LogP contribution in [0.5, 0.6) is 0 Å². The maximum Gasteiger partial charge on any atom is 0.410 e. The lowest BCUT2D eigenvalue weighted by Crippen LogP contribution is -2.70. The predicted molar refractivity (Wildman–Crippen MR) is 148 cm³/mol. The van der Waals surface area contributed by atoms with Crippen molar-refractivity contribution in [1.29, 1.82) is 0 Å². The smallest absolute Gasteiger partial charge is 0.410 e. The molecule has 0 radical (unpaired) electrons. The fourth-order valence-corrected chi connectivity index (χ4v) is 7.02. The first-order valence-corrected chi connectivity index (χ1v) is 14.7. The molecular weight excluding hydrogens is 556 g/mol. The van der Waals surface area contributed by atoms with E-state index in [0.29, 0.717) is 37.2 Å². The van der Waals surface area contributed by atoms with Crippen molar-refractivity contribution in [3.05, 3.63) is 65.9 Å². The summed E-state index contributed by atoms with van der Waals surface area (Å²) in [5, 5.41) is 12.2. The van der Waals surface area contributed by atoms with E-state index in [1.165, 1.54) is 39.4 Å². The summed E-state index contributed by atoms with van der Waals surface area (Å²) in [5.41, 5.74) is 0.702. The Morgan fingerprint density at radius 2 is 1.95 bits per heavy atom. The van der Waals surface area contributed by atoms with E-state index < -0.39 is 29.4 Å². The highest BCUT2D eigenvalue weighted by molar-refractivity contribution is 8.00. The fraction of sp³-hybridized carbons (Fsp3) is 0.370. The number of hydrogen-bond donors (Lipinski definition) is 2. The second-order valence-corrected chi connectivity index (χ2v) is 11.7. The molecule has 4 heterocycles. The second-order valence-electron chi connectivity index (χ2n) is 9.58. The number of carboxylic acids is 1. The zero-order valence-electron chi connectivity index (χ0n) is 21.5. The Morgan fingerprint density at radius 3 is 2.65 bits per heavy atom. The van der Waals surface area contributed by atoms with Crippen molar-refractivity contribution in [2.45, 2.75) is 28.8 Å². The zero-order valence-corrected chi connectivity index (χ0v) is 23.1. The Bertz CT molecular complexity index is 1310. The van der Waals surface area contributed by atoms with Gasteiger partial charge in [0.15, 0.2) is 0 Å². The van der Waals surface area contributed by atoms with E-state index in [0.717, 1.165) is 4.90 Å². The summed E-state index contributed by atoms with van der Waals surface area (Å²) in [4.78, 5) is 68.0. The number of carbonyl (C=O) groups is 5. The third-order valence-corrected chi connectivity index (χ3v) is 9.34. The van der Waals surface area contributed by atoms with Crippen LogP contribution in [0.1, 0.15) is 6.42 Å². The fourth-order valence-electron chi connectivity index (χ4n) is 4.98. The van der Waals surface area contributed by atoms with Gasteiger partial charge in [0.2, 0.25) is 11.8 Å². The van der Waals surface area contributed by atoms with Gasteiger partial charge in [-0.3, -0.25) is 19.3 Å². The minimum absolute atomic E-state index is 0.120. The number of carbonyl (C=O) groups excluding carboxylic acids is 4. The standard InChI is InChI=1S/C27H28N4O7S2/c1-2-10-38-27(37)29-12-18(13-29)30-9-8-16(23(30)33)11-17-14-40-25-21(24(34)31(25)22(17)26(35)36)28-20(32)15-39-19-6-4-3-5-7-19/h2-7,11,18,21,25H,1,8-10,12-15H2,(H,28,32)(H,35,36)/b16-11+/t21-,25-/m1/s1. The molecule has 0 saturated carbocycles. The van der Waals surface area contributed by atoms with E-state index >= 15 is 0 Å². The van der Waals surface area contributed by atoms with Crippen LogP contribution < -0.4 is 5.32 Å². The summed E-state index contributed by atoms with van der Waals surface area (Å²) >= 11 is 2.71. The Hall–Kier alpha value is -3.71. The third-order valence-electron chi connectivity index (χ3n) is 7.02. The molecule has 13 heteroatoms. The minimum atomic E-state index is -1.26.